The van der Waals surface area contributed by atoms with Gasteiger partial charge in [-0.2, -0.15) is 0 Å². The van der Waals surface area contributed by atoms with Gasteiger partial charge in [-0.05, 0) is 44.2 Å². The third-order valence-electron chi connectivity index (χ3n) is 3.86. The largest absolute Gasteiger partial charge is 0.367 e. The van der Waals surface area contributed by atoms with Crippen LogP contribution in [0.15, 0.2) is 18.3 Å². The van der Waals surface area contributed by atoms with Crippen LogP contribution in [0, 0.1) is 0 Å². The zero-order valence-electron chi connectivity index (χ0n) is 10.6. The average molecular weight is 245 g/mol. The van der Waals surface area contributed by atoms with Gasteiger partial charge in [-0.3, -0.25) is 4.79 Å². The summed E-state index contributed by atoms with van der Waals surface area (Å²) < 4.78 is 0. The summed E-state index contributed by atoms with van der Waals surface area (Å²) >= 11 is 0. The lowest BCUT2D eigenvalue weighted by molar-refractivity contribution is 0.0792. The molecule has 1 aromatic heterocycles. The molecule has 1 aliphatic carbocycles. The minimum atomic E-state index is 0.145. The van der Waals surface area contributed by atoms with Gasteiger partial charge in [0.2, 0.25) is 0 Å². The van der Waals surface area contributed by atoms with Crippen molar-refractivity contribution in [3.8, 4) is 0 Å². The standard InChI is InChI=1S/C14H19N3O/c18-14(17-8-1-2-9-17)11-6-7-15-13(10-11)16-12-4-3-5-12/h6-7,10,12H,1-5,8-9H2,(H,15,16). The third kappa shape index (κ3) is 2.33. The molecule has 1 saturated heterocycles. The number of amides is 1. The quantitative estimate of drug-likeness (QED) is 0.888. The molecule has 2 aliphatic rings. The molecule has 4 heteroatoms. The van der Waals surface area contributed by atoms with E-state index in [-0.39, 0.29) is 5.91 Å². The van der Waals surface area contributed by atoms with Crippen LogP contribution in [-0.2, 0) is 0 Å². The molecular weight excluding hydrogens is 226 g/mol. The van der Waals surface area contributed by atoms with Crippen molar-refractivity contribution in [2.75, 3.05) is 18.4 Å². The molecule has 2 heterocycles. The van der Waals surface area contributed by atoms with Gasteiger partial charge >= 0.3 is 0 Å². The topological polar surface area (TPSA) is 45.2 Å². The Morgan fingerprint density at radius 2 is 2.06 bits per heavy atom. The molecule has 1 amide bonds. The van der Waals surface area contributed by atoms with Crippen molar-refractivity contribution in [1.82, 2.24) is 9.88 Å². The molecule has 1 saturated carbocycles. The summed E-state index contributed by atoms with van der Waals surface area (Å²) in [5.74, 6) is 0.983. The number of carbonyl (C=O) groups excluding carboxylic acids is 1. The van der Waals surface area contributed by atoms with Crippen LogP contribution in [0.2, 0.25) is 0 Å². The fourth-order valence-corrected chi connectivity index (χ4v) is 2.51. The number of likely N-dealkylation sites (tertiary alicyclic amines) is 1. The van der Waals surface area contributed by atoms with Crippen molar-refractivity contribution in [3.05, 3.63) is 23.9 Å². The lowest BCUT2D eigenvalue weighted by Crippen LogP contribution is -2.29. The fraction of sp³-hybridized carbons (Fsp3) is 0.571. The van der Waals surface area contributed by atoms with Crippen LogP contribution in [0.4, 0.5) is 5.82 Å². The predicted molar refractivity (Wildman–Crippen MR) is 70.6 cm³/mol. The maximum atomic E-state index is 12.2. The van der Waals surface area contributed by atoms with Crippen molar-refractivity contribution in [3.63, 3.8) is 0 Å². The van der Waals surface area contributed by atoms with Gasteiger partial charge in [0.15, 0.2) is 0 Å². The Labute approximate surface area is 107 Å². The van der Waals surface area contributed by atoms with Gasteiger partial charge in [-0.15, -0.1) is 0 Å². The second kappa shape index (κ2) is 4.96. The average Bonchev–Trinajstić information content (AvgIpc) is 2.87. The molecule has 1 aliphatic heterocycles. The Bertz CT molecular complexity index is 436. The maximum Gasteiger partial charge on any atom is 0.254 e. The van der Waals surface area contributed by atoms with Crippen LogP contribution < -0.4 is 5.32 Å². The summed E-state index contributed by atoms with van der Waals surface area (Å²) in [7, 11) is 0. The molecule has 4 nitrogen and oxygen atoms in total. The van der Waals surface area contributed by atoms with E-state index in [1.54, 1.807) is 6.20 Å². The first-order valence-electron chi connectivity index (χ1n) is 6.85. The summed E-state index contributed by atoms with van der Waals surface area (Å²) in [5.41, 5.74) is 0.758. The number of aromatic nitrogens is 1. The van der Waals surface area contributed by atoms with Gasteiger partial charge < -0.3 is 10.2 Å². The molecule has 1 N–H and O–H groups in total. The van der Waals surface area contributed by atoms with Crippen LogP contribution >= 0.6 is 0 Å². The Balaban J connectivity index is 1.70. The van der Waals surface area contributed by atoms with E-state index in [9.17, 15) is 4.79 Å². The van der Waals surface area contributed by atoms with Gasteiger partial charge in [0.1, 0.15) is 5.82 Å². The number of nitrogens with one attached hydrogen (secondary N) is 1. The molecule has 0 spiro atoms. The molecule has 0 bridgehead atoms. The van der Waals surface area contributed by atoms with Crippen molar-refractivity contribution in [2.24, 2.45) is 0 Å². The number of nitrogens with zero attached hydrogens (tertiary/aromatic N) is 2. The van der Waals surface area contributed by atoms with Crippen LogP contribution in [0.5, 0.6) is 0 Å². The summed E-state index contributed by atoms with van der Waals surface area (Å²) in [5, 5.41) is 3.38. The van der Waals surface area contributed by atoms with Gasteiger partial charge in [0, 0.05) is 30.9 Å². The molecule has 2 fully saturated rings. The lowest BCUT2D eigenvalue weighted by Gasteiger charge is -2.27. The number of hydrogen-bond donors (Lipinski definition) is 1. The molecule has 0 radical (unpaired) electrons. The highest BCUT2D eigenvalue weighted by atomic mass is 16.2. The minimum Gasteiger partial charge on any atom is -0.367 e. The Hall–Kier alpha value is -1.58. The van der Waals surface area contributed by atoms with E-state index in [1.807, 2.05) is 17.0 Å². The van der Waals surface area contributed by atoms with Crippen molar-refractivity contribution in [2.45, 2.75) is 38.1 Å². The van der Waals surface area contributed by atoms with Crippen molar-refractivity contribution >= 4 is 11.7 Å². The van der Waals surface area contributed by atoms with E-state index in [0.29, 0.717) is 6.04 Å². The molecule has 18 heavy (non-hydrogen) atoms. The summed E-state index contributed by atoms with van der Waals surface area (Å²) in [6.07, 6.45) is 7.71. The first kappa shape index (κ1) is 11.5. The van der Waals surface area contributed by atoms with E-state index >= 15 is 0 Å². The summed E-state index contributed by atoms with van der Waals surface area (Å²) in [6, 6.07) is 4.25. The Morgan fingerprint density at radius 3 is 2.72 bits per heavy atom. The molecule has 3 rings (SSSR count). The SMILES string of the molecule is O=C(c1ccnc(NC2CCC2)c1)N1CCCC1. The summed E-state index contributed by atoms with van der Waals surface area (Å²) in [4.78, 5) is 18.5. The highest BCUT2D eigenvalue weighted by Crippen LogP contribution is 2.23. The highest BCUT2D eigenvalue weighted by Gasteiger charge is 2.21. The molecule has 0 unspecified atom stereocenters. The van der Waals surface area contributed by atoms with Crippen LogP contribution in [0.25, 0.3) is 0 Å². The molecular formula is C14H19N3O. The van der Waals surface area contributed by atoms with E-state index < -0.39 is 0 Å². The first-order valence-corrected chi connectivity index (χ1v) is 6.85. The number of carbonyl (C=O) groups is 1. The van der Waals surface area contributed by atoms with Crippen LogP contribution in [0.3, 0.4) is 0 Å². The van der Waals surface area contributed by atoms with E-state index in [2.05, 4.69) is 10.3 Å². The van der Waals surface area contributed by atoms with Crippen LogP contribution in [-0.4, -0.2) is 34.9 Å². The highest BCUT2D eigenvalue weighted by molar-refractivity contribution is 5.95. The van der Waals surface area contributed by atoms with Crippen LogP contribution in [0.1, 0.15) is 42.5 Å². The smallest absolute Gasteiger partial charge is 0.254 e. The zero-order valence-corrected chi connectivity index (χ0v) is 10.6. The van der Waals surface area contributed by atoms with E-state index in [0.717, 1.165) is 37.3 Å². The summed E-state index contributed by atoms with van der Waals surface area (Å²) in [6.45, 7) is 1.79. The number of hydrogen-bond acceptors (Lipinski definition) is 3. The van der Waals surface area contributed by atoms with Gasteiger partial charge in [-0.25, -0.2) is 4.98 Å². The molecule has 1 aromatic rings. The minimum absolute atomic E-state index is 0.145. The second-order valence-corrected chi connectivity index (χ2v) is 5.20. The van der Waals surface area contributed by atoms with Gasteiger partial charge in [0.25, 0.3) is 5.91 Å². The number of pyridine rings is 1. The first-order chi connectivity index (χ1) is 8.83. The fourth-order valence-electron chi connectivity index (χ4n) is 2.51. The van der Waals surface area contributed by atoms with E-state index in [4.69, 9.17) is 0 Å². The molecule has 0 atom stereocenters. The lowest BCUT2D eigenvalue weighted by atomic mass is 9.93. The zero-order chi connectivity index (χ0) is 12.4. The number of anilines is 1. The van der Waals surface area contributed by atoms with Crippen molar-refractivity contribution in [1.29, 1.82) is 0 Å². The maximum absolute atomic E-state index is 12.2. The van der Waals surface area contributed by atoms with Crippen molar-refractivity contribution < 1.29 is 4.79 Å². The Kier molecular flexibility index (Phi) is 3.17. The van der Waals surface area contributed by atoms with Gasteiger partial charge in [0.05, 0.1) is 0 Å². The third-order valence-corrected chi connectivity index (χ3v) is 3.86. The van der Waals surface area contributed by atoms with E-state index in [1.165, 1.54) is 19.3 Å². The van der Waals surface area contributed by atoms with Gasteiger partial charge in [-0.1, -0.05) is 0 Å². The normalized spacial score (nSPS) is 19.7. The Morgan fingerprint density at radius 1 is 1.28 bits per heavy atom. The number of rotatable bonds is 3. The monoisotopic (exact) mass is 245 g/mol. The predicted octanol–water partition coefficient (Wildman–Crippen LogP) is 2.28. The molecule has 0 aromatic carbocycles. The molecule has 96 valence electrons. The second-order valence-electron chi connectivity index (χ2n) is 5.20.